The van der Waals surface area contributed by atoms with E-state index < -0.39 is 5.82 Å². The van der Waals surface area contributed by atoms with Crippen LogP contribution in [-0.4, -0.2) is 19.0 Å². The second-order valence-corrected chi connectivity index (χ2v) is 5.98. The predicted molar refractivity (Wildman–Crippen MR) is 85.0 cm³/mol. The van der Waals surface area contributed by atoms with Gasteiger partial charge in [-0.2, -0.15) is 0 Å². The number of nitrogens with two attached hydrogens (primary N) is 1. The molecule has 0 aromatic heterocycles. The highest BCUT2D eigenvalue weighted by atomic mass is 32.2. The molecule has 0 radical (unpaired) electrons. The van der Waals surface area contributed by atoms with Crippen molar-refractivity contribution < 1.29 is 4.39 Å². The third-order valence-corrected chi connectivity index (χ3v) is 4.07. The average molecular weight is 300 g/mol. The summed E-state index contributed by atoms with van der Waals surface area (Å²) in [5.41, 5.74) is 7.46. The first kappa shape index (κ1) is 15.4. The van der Waals surface area contributed by atoms with Gasteiger partial charge in [0, 0.05) is 22.0 Å². The van der Waals surface area contributed by atoms with E-state index in [1.165, 1.54) is 23.9 Å². The zero-order chi connectivity index (χ0) is 15.4. The van der Waals surface area contributed by atoms with E-state index in [2.05, 4.69) is 9.74 Å². The summed E-state index contributed by atoms with van der Waals surface area (Å²) in [5.74, 6) is -0.535. The van der Waals surface area contributed by atoms with Gasteiger partial charge in [-0.25, -0.2) is 9.24 Å². The van der Waals surface area contributed by atoms with Crippen LogP contribution in [0.15, 0.2) is 46.2 Å². The second kappa shape index (κ2) is 6.61. The number of hydrogen-bond donors (Lipinski definition) is 1. The summed E-state index contributed by atoms with van der Waals surface area (Å²) in [6.45, 7) is 7.70. The van der Waals surface area contributed by atoms with Crippen molar-refractivity contribution in [2.75, 3.05) is 19.8 Å². The maximum absolute atomic E-state index is 13.8. The molecule has 21 heavy (non-hydrogen) atoms. The van der Waals surface area contributed by atoms with Crippen molar-refractivity contribution in [3.05, 3.63) is 59.2 Å². The first-order valence-electron chi connectivity index (χ1n) is 6.38. The van der Waals surface area contributed by atoms with Gasteiger partial charge in [0.2, 0.25) is 5.69 Å². The molecular formula is C16H16FN3S. The van der Waals surface area contributed by atoms with Crippen LogP contribution in [0.25, 0.3) is 4.85 Å². The molecule has 0 aliphatic rings. The molecule has 0 heterocycles. The number of anilines is 1. The molecule has 5 heteroatoms. The van der Waals surface area contributed by atoms with Crippen molar-refractivity contribution in [2.24, 2.45) is 0 Å². The van der Waals surface area contributed by atoms with Crippen LogP contribution in [0, 0.1) is 12.4 Å². The highest BCUT2D eigenvalue weighted by molar-refractivity contribution is 7.99. The number of rotatable bonds is 4. The van der Waals surface area contributed by atoms with Crippen LogP contribution in [0.2, 0.25) is 0 Å². The summed E-state index contributed by atoms with van der Waals surface area (Å²) >= 11 is 1.42. The summed E-state index contributed by atoms with van der Waals surface area (Å²) in [6, 6.07) is 10.7. The lowest BCUT2D eigenvalue weighted by Gasteiger charge is -2.14. The quantitative estimate of drug-likeness (QED) is 0.679. The lowest BCUT2D eigenvalue weighted by atomic mass is 10.2. The first-order chi connectivity index (χ1) is 10.0. The van der Waals surface area contributed by atoms with Crippen LogP contribution in [0.3, 0.4) is 0 Å². The van der Waals surface area contributed by atoms with E-state index in [-0.39, 0.29) is 5.69 Å². The van der Waals surface area contributed by atoms with Gasteiger partial charge >= 0.3 is 0 Å². The molecule has 0 saturated heterocycles. The molecular weight excluding hydrogens is 284 g/mol. The van der Waals surface area contributed by atoms with Crippen LogP contribution in [0.5, 0.6) is 0 Å². The van der Waals surface area contributed by atoms with Crippen molar-refractivity contribution in [1.82, 2.24) is 4.90 Å². The number of halogens is 1. The van der Waals surface area contributed by atoms with Gasteiger partial charge in [0.1, 0.15) is 5.82 Å². The Morgan fingerprint density at radius 3 is 2.62 bits per heavy atom. The smallest absolute Gasteiger partial charge is 0.224 e. The Bertz CT molecular complexity index is 692. The molecule has 0 aliphatic carbocycles. The summed E-state index contributed by atoms with van der Waals surface area (Å²) in [6.07, 6.45) is 0. The Hall–Kier alpha value is -2.03. The van der Waals surface area contributed by atoms with Crippen molar-refractivity contribution >= 4 is 23.1 Å². The predicted octanol–water partition coefficient (Wildman–Crippen LogP) is 4.17. The van der Waals surface area contributed by atoms with Crippen molar-refractivity contribution in [2.45, 2.75) is 16.3 Å². The Labute approximate surface area is 128 Å². The van der Waals surface area contributed by atoms with Crippen LogP contribution in [0.4, 0.5) is 15.8 Å². The van der Waals surface area contributed by atoms with Gasteiger partial charge < -0.3 is 10.6 Å². The molecule has 2 aromatic rings. The number of nitrogens with zero attached hydrogens (tertiary/aromatic N) is 2. The Morgan fingerprint density at radius 2 is 1.95 bits per heavy atom. The Morgan fingerprint density at radius 1 is 1.24 bits per heavy atom. The zero-order valence-electron chi connectivity index (χ0n) is 11.9. The van der Waals surface area contributed by atoms with Crippen LogP contribution in [-0.2, 0) is 6.54 Å². The molecule has 0 atom stereocenters. The monoisotopic (exact) mass is 300 g/mol. The number of benzene rings is 2. The molecule has 0 spiro atoms. The van der Waals surface area contributed by atoms with Gasteiger partial charge in [0.05, 0.1) is 6.57 Å². The molecule has 108 valence electrons. The lowest BCUT2D eigenvalue weighted by Crippen LogP contribution is -2.11. The number of hydrogen-bond acceptors (Lipinski definition) is 3. The molecule has 0 unspecified atom stereocenters. The highest BCUT2D eigenvalue weighted by Gasteiger charge is 2.11. The van der Waals surface area contributed by atoms with Crippen molar-refractivity contribution in [3.8, 4) is 0 Å². The molecule has 2 aromatic carbocycles. The van der Waals surface area contributed by atoms with E-state index in [0.29, 0.717) is 10.6 Å². The first-order valence-corrected chi connectivity index (χ1v) is 7.20. The Kier molecular flexibility index (Phi) is 4.84. The third kappa shape index (κ3) is 3.75. The SMILES string of the molecule is [C-]#[N+]c1cc(N)c(Sc2ccccc2CN(C)C)cc1[18F]. The van der Waals surface area contributed by atoms with Crippen LogP contribution < -0.4 is 5.73 Å². The molecule has 2 N–H and O–H groups in total. The summed E-state index contributed by atoms with van der Waals surface area (Å²) in [5, 5.41) is 0. The fraction of sp³-hybridized carbons (Fsp3) is 0.188. The van der Waals surface area contributed by atoms with E-state index in [0.717, 1.165) is 17.0 Å². The van der Waals surface area contributed by atoms with E-state index in [9.17, 15) is 4.39 Å². The molecule has 0 bridgehead atoms. The zero-order valence-corrected chi connectivity index (χ0v) is 12.7. The summed E-state index contributed by atoms with van der Waals surface area (Å²) in [7, 11) is 4.00. The van der Waals surface area contributed by atoms with E-state index >= 15 is 0 Å². The standard InChI is InChI=1S/C16H16FN3S/c1-19-14-9-13(18)16(8-12(14)17)21-15-7-5-4-6-11(15)10-20(2)3/h4-9H,10,18H2,2-3H3/i17-1. The molecule has 2 rings (SSSR count). The van der Waals surface area contributed by atoms with E-state index in [1.54, 1.807) is 0 Å². The van der Waals surface area contributed by atoms with Crippen molar-refractivity contribution in [1.29, 1.82) is 0 Å². The van der Waals surface area contributed by atoms with Crippen LogP contribution >= 0.6 is 11.8 Å². The van der Waals surface area contributed by atoms with Gasteiger partial charge in [-0.1, -0.05) is 30.0 Å². The van der Waals surface area contributed by atoms with Crippen LogP contribution in [0.1, 0.15) is 5.56 Å². The topological polar surface area (TPSA) is 33.6 Å². The molecule has 0 fully saturated rings. The van der Waals surface area contributed by atoms with Gasteiger partial charge in [0.25, 0.3) is 0 Å². The minimum Gasteiger partial charge on any atom is -0.399 e. The van der Waals surface area contributed by atoms with Gasteiger partial charge in [-0.05, 0) is 37.9 Å². The fourth-order valence-corrected chi connectivity index (χ4v) is 2.91. The largest absolute Gasteiger partial charge is 0.399 e. The fourth-order valence-electron chi connectivity index (χ4n) is 1.93. The maximum Gasteiger partial charge on any atom is 0.224 e. The second-order valence-electron chi connectivity index (χ2n) is 4.90. The Balaban J connectivity index is 2.35. The minimum absolute atomic E-state index is 0.0431. The number of nitrogen functional groups attached to an aromatic ring is 1. The molecule has 0 saturated carbocycles. The average Bonchev–Trinajstić information content (AvgIpc) is 2.44. The molecule has 0 amide bonds. The lowest BCUT2D eigenvalue weighted by molar-refractivity contribution is 0.399. The minimum atomic E-state index is -0.535. The van der Waals surface area contributed by atoms with Gasteiger partial charge in [0.15, 0.2) is 0 Å². The summed E-state index contributed by atoms with van der Waals surface area (Å²) < 4.78 is 13.8. The van der Waals surface area contributed by atoms with Gasteiger partial charge in [-0.15, -0.1) is 0 Å². The van der Waals surface area contributed by atoms with E-state index in [4.69, 9.17) is 12.3 Å². The molecule has 3 nitrogen and oxygen atoms in total. The van der Waals surface area contributed by atoms with Gasteiger partial charge in [-0.3, -0.25) is 0 Å². The molecule has 0 aliphatic heterocycles. The normalized spacial score (nSPS) is 10.6. The van der Waals surface area contributed by atoms with Crippen molar-refractivity contribution in [3.63, 3.8) is 0 Å². The third-order valence-electron chi connectivity index (χ3n) is 2.88. The summed E-state index contributed by atoms with van der Waals surface area (Å²) in [4.78, 5) is 6.86. The highest BCUT2D eigenvalue weighted by Crippen LogP contribution is 2.37. The maximum atomic E-state index is 13.8. The van der Waals surface area contributed by atoms with E-state index in [1.807, 2.05) is 38.4 Å².